The van der Waals surface area contributed by atoms with Crippen LogP contribution in [0.3, 0.4) is 0 Å². The first-order chi connectivity index (χ1) is 18.2. The second kappa shape index (κ2) is 11.3. The molecule has 0 aromatic heterocycles. The van der Waals surface area contributed by atoms with Gasteiger partial charge in [0, 0.05) is 18.7 Å². The highest BCUT2D eigenvalue weighted by Crippen LogP contribution is 2.33. The number of ether oxygens (including phenoxy) is 1. The predicted molar refractivity (Wildman–Crippen MR) is 132 cm³/mol. The van der Waals surface area contributed by atoms with Crippen molar-refractivity contribution < 1.29 is 41.0 Å². The molecule has 12 nitrogen and oxygen atoms in total. The van der Waals surface area contributed by atoms with Gasteiger partial charge in [-0.2, -0.15) is 13.2 Å². The number of carbonyl (C=O) groups excluding carboxylic acids is 1. The quantitative estimate of drug-likeness (QED) is 0.266. The molecule has 0 fully saturated rings. The summed E-state index contributed by atoms with van der Waals surface area (Å²) in [5.74, 6) is -1.77. The maximum Gasteiger partial charge on any atom is 0.422 e. The zero-order valence-corrected chi connectivity index (χ0v) is 20.7. The summed E-state index contributed by atoms with van der Waals surface area (Å²) in [6, 6.07) is 12.7. The van der Waals surface area contributed by atoms with Crippen molar-refractivity contribution in [3.8, 4) is 5.75 Å². The Kier molecular flexibility index (Phi) is 8.39. The van der Waals surface area contributed by atoms with E-state index in [0.717, 1.165) is 22.5 Å². The molecule has 1 N–H and O–H groups in total. The summed E-state index contributed by atoms with van der Waals surface area (Å²) < 4.78 is 70.9. The number of nitrogens with one attached hydrogen (secondary N) is 1. The lowest BCUT2D eigenvalue weighted by molar-refractivity contribution is -0.394. The highest BCUT2D eigenvalue weighted by molar-refractivity contribution is 7.92. The van der Waals surface area contributed by atoms with Crippen molar-refractivity contribution in [2.24, 2.45) is 0 Å². The lowest BCUT2D eigenvalue weighted by Gasteiger charge is -2.23. The Bertz CT molecular complexity index is 1480. The molecule has 0 heterocycles. The lowest BCUT2D eigenvalue weighted by Crippen LogP contribution is -2.30. The van der Waals surface area contributed by atoms with Crippen molar-refractivity contribution in [1.82, 2.24) is 0 Å². The van der Waals surface area contributed by atoms with Gasteiger partial charge in [0.05, 0.1) is 37.7 Å². The number of halogens is 3. The van der Waals surface area contributed by atoms with Crippen LogP contribution in [0, 0.1) is 20.2 Å². The van der Waals surface area contributed by atoms with Gasteiger partial charge in [-0.1, -0.05) is 18.2 Å². The molecule has 3 aromatic rings. The number of nitro groups is 2. The summed E-state index contributed by atoms with van der Waals surface area (Å²) in [5.41, 5.74) is -2.39. The molecule has 3 rings (SSSR count). The molecule has 0 atom stereocenters. The number of rotatable bonds is 10. The van der Waals surface area contributed by atoms with Crippen molar-refractivity contribution in [3.05, 3.63) is 92.5 Å². The van der Waals surface area contributed by atoms with E-state index in [1.165, 1.54) is 12.1 Å². The fourth-order valence-electron chi connectivity index (χ4n) is 3.40. The van der Waals surface area contributed by atoms with Crippen LogP contribution in [0.5, 0.6) is 5.75 Å². The summed E-state index contributed by atoms with van der Waals surface area (Å²) in [6.45, 7) is -0.240. The van der Waals surface area contributed by atoms with Crippen molar-refractivity contribution in [3.63, 3.8) is 0 Å². The molecule has 0 bridgehead atoms. The number of amides is 1. The highest BCUT2D eigenvalue weighted by Gasteiger charge is 2.30. The minimum Gasteiger partial charge on any atom is -0.482 e. The molecule has 0 saturated carbocycles. The van der Waals surface area contributed by atoms with Gasteiger partial charge in [-0.25, -0.2) is 8.42 Å². The standard InChI is InChI=1S/C23H19F3N4O8S/c1-2-28(16-6-4-3-5-7-16)39(36,37)19-8-9-21(38-14-23(24,25)26)20(13-19)27-22(31)15-10-17(29(32)33)12-18(11-15)30(34)35/h3-13H,2,14H2,1H3,(H,27,31). The van der Waals surface area contributed by atoms with E-state index in [1.54, 1.807) is 25.1 Å². The Balaban J connectivity index is 2.07. The Morgan fingerprint density at radius 1 is 0.974 bits per heavy atom. The van der Waals surface area contributed by atoms with Gasteiger partial charge in [0.25, 0.3) is 27.3 Å². The number of non-ortho nitro benzene ring substituents is 2. The second-order valence-electron chi connectivity index (χ2n) is 7.77. The SMILES string of the molecule is CCN(c1ccccc1)S(=O)(=O)c1ccc(OCC(F)(F)F)c(NC(=O)c2cc([N+](=O)[O-])cc([N+](=O)[O-])c2)c1. The van der Waals surface area contributed by atoms with Gasteiger partial charge < -0.3 is 10.1 Å². The number of hydrogen-bond donors (Lipinski definition) is 1. The zero-order valence-electron chi connectivity index (χ0n) is 19.9. The van der Waals surface area contributed by atoms with Gasteiger partial charge in [0.15, 0.2) is 6.61 Å². The molecule has 0 saturated heterocycles. The van der Waals surface area contributed by atoms with Gasteiger partial charge in [-0.3, -0.25) is 29.3 Å². The number of nitrogens with zero attached hydrogens (tertiary/aromatic N) is 3. The summed E-state index contributed by atoms with van der Waals surface area (Å²) in [5, 5.41) is 24.5. The topological polar surface area (TPSA) is 162 Å². The molecular formula is C23H19F3N4O8S. The van der Waals surface area contributed by atoms with Gasteiger partial charge in [-0.05, 0) is 37.3 Å². The number of carbonyl (C=O) groups is 1. The highest BCUT2D eigenvalue weighted by atomic mass is 32.2. The monoisotopic (exact) mass is 568 g/mol. The molecule has 0 aliphatic rings. The molecule has 0 aliphatic heterocycles. The number of sulfonamides is 1. The third kappa shape index (κ3) is 6.98. The average molecular weight is 568 g/mol. The number of benzene rings is 3. The molecule has 206 valence electrons. The van der Waals surface area contributed by atoms with Crippen molar-refractivity contribution in [1.29, 1.82) is 0 Å². The van der Waals surface area contributed by atoms with Gasteiger partial charge in [0.2, 0.25) is 0 Å². The number of hydrogen-bond acceptors (Lipinski definition) is 8. The molecule has 39 heavy (non-hydrogen) atoms. The lowest BCUT2D eigenvalue weighted by atomic mass is 10.1. The van der Waals surface area contributed by atoms with E-state index in [9.17, 15) is 46.6 Å². The number of anilines is 2. The summed E-state index contributed by atoms with van der Waals surface area (Å²) in [7, 11) is -4.30. The average Bonchev–Trinajstić information content (AvgIpc) is 2.87. The fourth-order valence-corrected chi connectivity index (χ4v) is 4.90. The normalized spacial score (nSPS) is 11.5. The molecule has 1 amide bonds. The molecule has 16 heteroatoms. The number of alkyl halides is 3. The third-order valence-corrected chi connectivity index (χ3v) is 7.00. The van der Waals surface area contributed by atoms with Gasteiger partial charge in [-0.15, -0.1) is 0 Å². The van der Waals surface area contributed by atoms with Crippen molar-refractivity contribution in [2.75, 3.05) is 22.8 Å². The zero-order chi connectivity index (χ0) is 29.0. The number of para-hydroxylation sites is 1. The van der Waals surface area contributed by atoms with Crippen LogP contribution in [0.1, 0.15) is 17.3 Å². The van der Waals surface area contributed by atoms with E-state index in [4.69, 9.17) is 4.74 Å². The molecule has 0 unspecified atom stereocenters. The van der Waals surface area contributed by atoms with Crippen LogP contribution in [0.25, 0.3) is 0 Å². The van der Waals surface area contributed by atoms with Crippen LogP contribution in [0.15, 0.2) is 71.6 Å². The van der Waals surface area contributed by atoms with E-state index in [2.05, 4.69) is 5.32 Å². The van der Waals surface area contributed by atoms with E-state index < -0.39 is 71.8 Å². The molecular weight excluding hydrogens is 549 g/mol. The maximum absolute atomic E-state index is 13.4. The Morgan fingerprint density at radius 3 is 2.08 bits per heavy atom. The predicted octanol–water partition coefficient (Wildman–Crippen LogP) is 4.91. The van der Waals surface area contributed by atoms with Crippen LogP contribution in [-0.4, -0.2) is 43.5 Å². The van der Waals surface area contributed by atoms with Crippen molar-refractivity contribution >= 4 is 38.7 Å². The third-order valence-electron chi connectivity index (χ3n) is 5.10. The van der Waals surface area contributed by atoms with Crippen LogP contribution < -0.4 is 14.4 Å². The Labute approximate surface area is 219 Å². The molecule has 0 aliphatic carbocycles. The van der Waals surface area contributed by atoms with Crippen LogP contribution in [-0.2, 0) is 10.0 Å². The fraction of sp³-hybridized carbons (Fsp3) is 0.174. The smallest absolute Gasteiger partial charge is 0.422 e. The maximum atomic E-state index is 13.4. The molecule has 3 aromatic carbocycles. The van der Waals surface area contributed by atoms with Crippen LogP contribution in [0.4, 0.5) is 35.9 Å². The van der Waals surface area contributed by atoms with Gasteiger partial charge >= 0.3 is 6.18 Å². The molecule has 0 radical (unpaired) electrons. The van der Waals surface area contributed by atoms with E-state index in [1.807, 2.05) is 0 Å². The minimum absolute atomic E-state index is 0.0162. The van der Waals surface area contributed by atoms with Crippen LogP contribution >= 0.6 is 0 Å². The summed E-state index contributed by atoms with van der Waals surface area (Å²) >= 11 is 0. The first-order valence-corrected chi connectivity index (χ1v) is 12.3. The largest absolute Gasteiger partial charge is 0.482 e. The summed E-state index contributed by atoms with van der Waals surface area (Å²) in [4.78, 5) is 32.8. The molecule has 0 spiro atoms. The Morgan fingerprint density at radius 2 is 1.56 bits per heavy atom. The van der Waals surface area contributed by atoms with Crippen LogP contribution in [0.2, 0.25) is 0 Å². The second-order valence-corrected chi connectivity index (χ2v) is 9.64. The minimum atomic E-state index is -4.78. The summed E-state index contributed by atoms with van der Waals surface area (Å²) in [6.07, 6.45) is -4.78. The van der Waals surface area contributed by atoms with E-state index >= 15 is 0 Å². The number of nitro benzene ring substituents is 2. The van der Waals surface area contributed by atoms with Gasteiger partial charge in [0.1, 0.15) is 5.75 Å². The van der Waals surface area contributed by atoms with Crippen molar-refractivity contribution in [2.45, 2.75) is 18.0 Å². The van der Waals surface area contributed by atoms with E-state index in [-0.39, 0.29) is 6.54 Å². The Hall–Kier alpha value is -4.73. The van der Waals surface area contributed by atoms with E-state index in [0.29, 0.717) is 23.9 Å². The first-order valence-electron chi connectivity index (χ1n) is 10.9. The first kappa shape index (κ1) is 28.8.